The normalized spacial score (nSPS) is 14.8. The SMILES string of the molecule is CC(C)(C)NC(=O)C(F)(F)C(F)(F)C(F)(F)C(F)(F)C(=O)NC(C)(C)C. The molecule has 0 aromatic carbocycles. The van der Waals surface area contributed by atoms with Gasteiger partial charge in [-0.2, -0.15) is 35.1 Å². The highest BCUT2D eigenvalue weighted by Crippen LogP contribution is 2.52. The molecule has 0 saturated carbocycles. The van der Waals surface area contributed by atoms with Gasteiger partial charge in [0.2, 0.25) is 0 Å². The first-order valence-corrected chi connectivity index (χ1v) is 7.17. The maximum atomic E-state index is 13.7. The first kappa shape index (κ1) is 24.4. The van der Waals surface area contributed by atoms with Gasteiger partial charge in [0.05, 0.1) is 0 Å². The monoisotopic (exact) mass is 400 g/mol. The van der Waals surface area contributed by atoms with Crippen LogP contribution in [0.25, 0.3) is 0 Å². The van der Waals surface area contributed by atoms with Crippen LogP contribution in [-0.4, -0.2) is 46.6 Å². The maximum absolute atomic E-state index is 13.7. The molecule has 4 nitrogen and oxygen atoms in total. The molecular weight excluding hydrogens is 380 g/mol. The van der Waals surface area contributed by atoms with Gasteiger partial charge in [-0.25, -0.2) is 0 Å². The van der Waals surface area contributed by atoms with Gasteiger partial charge in [0.25, 0.3) is 11.8 Å². The Hall–Kier alpha value is -1.62. The van der Waals surface area contributed by atoms with Crippen molar-refractivity contribution in [1.82, 2.24) is 10.6 Å². The van der Waals surface area contributed by atoms with Crippen molar-refractivity contribution >= 4 is 11.8 Å². The quantitative estimate of drug-likeness (QED) is 0.696. The lowest BCUT2D eigenvalue weighted by Crippen LogP contribution is -2.70. The van der Waals surface area contributed by atoms with Crippen LogP contribution in [0.4, 0.5) is 35.1 Å². The summed E-state index contributed by atoms with van der Waals surface area (Å²) in [4.78, 5) is 22.6. The van der Waals surface area contributed by atoms with Crippen LogP contribution in [0.2, 0.25) is 0 Å². The molecule has 26 heavy (non-hydrogen) atoms. The van der Waals surface area contributed by atoms with Crippen LogP contribution < -0.4 is 10.6 Å². The molecule has 154 valence electrons. The lowest BCUT2D eigenvalue weighted by molar-refractivity contribution is -0.347. The van der Waals surface area contributed by atoms with E-state index in [9.17, 15) is 44.7 Å². The third kappa shape index (κ3) is 4.56. The second-order valence-corrected chi connectivity index (χ2v) is 7.71. The van der Waals surface area contributed by atoms with Crippen molar-refractivity contribution in [1.29, 1.82) is 0 Å². The Kier molecular flexibility index (Phi) is 6.11. The smallest absolute Gasteiger partial charge is 0.346 e. The van der Waals surface area contributed by atoms with Crippen molar-refractivity contribution in [3.8, 4) is 0 Å². The van der Waals surface area contributed by atoms with E-state index in [0.29, 0.717) is 0 Å². The lowest BCUT2D eigenvalue weighted by atomic mass is 9.95. The van der Waals surface area contributed by atoms with E-state index >= 15 is 0 Å². The van der Waals surface area contributed by atoms with Crippen LogP contribution in [0.3, 0.4) is 0 Å². The zero-order chi connectivity index (χ0) is 21.6. The van der Waals surface area contributed by atoms with E-state index in [4.69, 9.17) is 0 Å². The number of hydrogen-bond donors (Lipinski definition) is 2. The van der Waals surface area contributed by atoms with Crippen molar-refractivity contribution in [2.75, 3.05) is 0 Å². The number of hydrogen-bond acceptors (Lipinski definition) is 2. The minimum Gasteiger partial charge on any atom is -0.346 e. The van der Waals surface area contributed by atoms with Crippen LogP contribution in [0.5, 0.6) is 0 Å². The zero-order valence-electron chi connectivity index (χ0n) is 14.8. The molecule has 2 N–H and O–H groups in total. The highest BCUT2D eigenvalue weighted by molar-refractivity contribution is 5.88. The van der Waals surface area contributed by atoms with E-state index in [1.54, 1.807) is 0 Å². The predicted octanol–water partition coefficient (Wildman–Crippen LogP) is 3.36. The van der Waals surface area contributed by atoms with E-state index in [1.165, 1.54) is 10.6 Å². The van der Waals surface area contributed by atoms with Crippen LogP contribution in [0, 0.1) is 0 Å². The summed E-state index contributed by atoms with van der Waals surface area (Å²) in [6.07, 6.45) is 0. The summed E-state index contributed by atoms with van der Waals surface area (Å²) in [5.41, 5.74) is -3.09. The molecule has 0 aromatic rings. The Morgan fingerprint density at radius 1 is 0.538 bits per heavy atom. The lowest BCUT2D eigenvalue weighted by Gasteiger charge is -2.37. The van der Waals surface area contributed by atoms with Crippen molar-refractivity contribution in [2.24, 2.45) is 0 Å². The largest absolute Gasteiger partial charge is 0.392 e. The van der Waals surface area contributed by atoms with Crippen LogP contribution in [0.1, 0.15) is 41.5 Å². The molecule has 0 aromatic heterocycles. The Morgan fingerprint density at radius 2 is 0.731 bits per heavy atom. The Balaban J connectivity index is 5.99. The highest BCUT2D eigenvalue weighted by Gasteiger charge is 2.84. The number of alkyl halides is 8. The van der Waals surface area contributed by atoms with Crippen molar-refractivity contribution in [3.63, 3.8) is 0 Å². The molecule has 0 bridgehead atoms. The van der Waals surface area contributed by atoms with E-state index < -0.39 is 46.6 Å². The van der Waals surface area contributed by atoms with Gasteiger partial charge in [-0.15, -0.1) is 0 Å². The van der Waals surface area contributed by atoms with E-state index in [0.717, 1.165) is 41.5 Å². The van der Waals surface area contributed by atoms with Crippen molar-refractivity contribution < 1.29 is 44.7 Å². The minimum absolute atomic E-state index is 1.07. The topological polar surface area (TPSA) is 58.2 Å². The van der Waals surface area contributed by atoms with Gasteiger partial charge >= 0.3 is 23.7 Å². The number of nitrogens with one attached hydrogen (secondary N) is 2. The molecule has 2 amide bonds. The molecule has 0 saturated heterocycles. The van der Waals surface area contributed by atoms with Gasteiger partial charge in [0.1, 0.15) is 0 Å². The molecule has 0 rings (SSSR count). The first-order chi connectivity index (χ1) is 11.0. The Bertz CT molecular complexity index is 512. The van der Waals surface area contributed by atoms with Gasteiger partial charge in [0, 0.05) is 11.1 Å². The highest BCUT2D eigenvalue weighted by atomic mass is 19.4. The summed E-state index contributed by atoms with van der Waals surface area (Å²) >= 11 is 0. The zero-order valence-corrected chi connectivity index (χ0v) is 14.8. The van der Waals surface area contributed by atoms with E-state index in [-0.39, 0.29) is 0 Å². The van der Waals surface area contributed by atoms with E-state index in [2.05, 4.69) is 0 Å². The summed E-state index contributed by atoms with van der Waals surface area (Å²) in [6.45, 7) is 6.43. The molecule has 0 heterocycles. The fourth-order valence-electron chi connectivity index (χ4n) is 1.52. The van der Waals surface area contributed by atoms with Gasteiger partial charge in [0.15, 0.2) is 0 Å². The minimum atomic E-state index is -6.87. The van der Waals surface area contributed by atoms with Crippen LogP contribution in [0.15, 0.2) is 0 Å². The van der Waals surface area contributed by atoms with Gasteiger partial charge in [-0.05, 0) is 41.5 Å². The summed E-state index contributed by atoms with van der Waals surface area (Å²) < 4.78 is 109. The van der Waals surface area contributed by atoms with Gasteiger partial charge in [-0.1, -0.05) is 0 Å². The summed E-state index contributed by atoms with van der Waals surface area (Å²) in [7, 11) is 0. The third-order valence-electron chi connectivity index (χ3n) is 2.73. The molecule has 0 aliphatic carbocycles. The third-order valence-corrected chi connectivity index (χ3v) is 2.73. The number of carbonyl (C=O) groups is 2. The molecule has 0 unspecified atom stereocenters. The standard InChI is InChI=1S/C14H20F8N2O2/c1-9(2,3)23-7(25)11(15,16)13(19,20)14(21,22)12(17,18)8(26)24-10(4,5)6/h1-6H3,(H,23,25)(H,24,26). The molecule has 0 atom stereocenters. The van der Waals surface area contributed by atoms with Gasteiger partial charge in [-0.3, -0.25) is 9.59 Å². The molecular formula is C14H20F8N2O2. The second kappa shape index (κ2) is 6.52. The summed E-state index contributed by atoms with van der Waals surface area (Å²) in [5.74, 6) is -32.0. The number of amides is 2. The Morgan fingerprint density at radius 3 is 0.885 bits per heavy atom. The average Bonchev–Trinajstić information content (AvgIpc) is 2.33. The fourth-order valence-corrected chi connectivity index (χ4v) is 1.52. The summed E-state index contributed by atoms with van der Waals surface area (Å²) in [5, 5.41) is 2.62. The Labute approximate surface area is 144 Å². The fraction of sp³-hybridized carbons (Fsp3) is 0.857. The molecule has 0 spiro atoms. The average molecular weight is 400 g/mol. The number of halogens is 8. The second-order valence-electron chi connectivity index (χ2n) is 7.71. The van der Waals surface area contributed by atoms with Crippen LogP contribution >= 0.6 is 0 Å². The first-order valence-electron chi connectivity index (χ1n) is 7.17. The molecule has 0 radical (unpaired) electrons. The van der Waals surface area contributed by atoms with Crippen molar-refractivity contribution in [2.45, 2.75) is 76.3 Å². The van der Waals surface area contributed by atoms with E-state index in [1.807, 2.05) is 0 Å². The van der Waals surface area contributed by atoms with Crippen molar-refractivity contribution in [3.05, 3.63) is 0 Å². The predicted molar refractivity (Wildman–Crippen MR) is 75.6 cm³/mol. The van der Waals surface area contributed by atoms with Crippen LogP contribution in [-0.2, 0) is 9.59 Å². The molecule has 0 aliphatic rings. The summed E-state index contributed by atoms with van der Waals surface area (Å²) in [6, 6.07) is 0. The maximum Gasteiger partial charge on any atom is 0.392 e. The molecule has 12 heteroatoms. The molecule has 0 fully saturated rings. The number of rotatable bonds is 5. The molecule has 0 aliphatic heterocycles. The van der Waals surface area contributed by atoms with Gasteiger partial charge < -0.3 is 10.6 Å². The number of carbonyl (C=O) groups excluding carboxylic acids is 2.